The van der Waals surface area contributed by atoms with Crippen LogP contribution in [0.1, 0.15) is 71.3 Å². The first-order chi connectivity index (χ1) is 15.5. The molecule has 2 amide bonds. The molecule has 5 fully saturated rings. The lowest BCUT2D eigenvalue weighted by molar-refractivity contribution is -0.147. The van der Waals surface area contributed by atoms with Crippen molar-refractivity contribution < 1.29 is 14.3 Å². The van der Waals surface area contributed by atoms with E-state index in [0.717, 1.165) is 36.3 Å². The van der Waals surface area contributed by atoms with Gasteiger partial charge in [0.15, 0.2) is 0 Å². The average molecular weight is 473 g/mol. The number of carbonyl (C=O) groups is 2. The highest BCUT2D eigenvalue weighted by atomic mass is 35.5. The average Bonchev–Trinajstić information content (AvgIpc) is 3.07. The standard InChI is InChI=1S/C27H37ClN2O3/c1-26(2,3)33-25(32)29(4)22-6-5-20(23(28)13-22)12-21-7-8-30(24(21)31)27-14-17-9-18(15-27)11-19(10-17)16-27/h5-6,13,17-19,21H,7-12,14-16H2,1-4H3. The van der Waals surface area contributed by atoms with Crippen molar-refractivity contribution in [3.05, 3.63) is 28.8 Å². The molecular formula is C27H37ClN2O3. The Balaban J connectivity index is 1.26. The van der Waals surface area contributed by atoms with Crippen molar-refractivity contribution >= 4 is 29.3 Å². The second-order valence-corrected chi connectivity index (χ2v) is 12.5. The molecule has 4 aliphatic carbocycles. The summed E-state index contributed by atoms with van der Waals surface area (Å²) in [4.78, 5) is 29.7. The fourth-order valence-corrected chi connectivity index (χ4v) is 7.66. The van der Waals surface area contributed by atoms with Gasteiger partial charge in [-0.05, 0) is 108 Å². The van der Waals surface area contributed by atoms with Gasteiger partial charge in [-0.3, -0.25) is 9.69 Å². The molecule has 180 valence electrons. The fraction of sp³-hybridized carbons (Fsp3) is 0.704. The summed E-state index contributed by atoms with van der Waals surface area (Å²) in [5.74, 6) is 2.86. The Hall–Kier alpha value is -1.75. The van der Waals surface area contributed by atoms with Crippen LogP contribution in [0.15, 0.2) is 18.2 Å². The van der Waals surface area contributed by atoms with E-state index in [1.54, 1.807) is 13.1 Å². The zero-order valence-electron chi connectivity index (χ0n) is 20.4. The summed E-state index contributed by atoms with van der Waals surface area (Å²) >= 11 is 6.63. The molecule has 4 bridgehead atoms. The maximum absolute atomic E-state index is 13.5. The number of amides is 2. The van der Waals surface area contributed by atoms with Gasteiger partial charge in [-0.2, -0.15) is 0 Å². The van der Waals surface area contributed by atoms with E-state index < -0.39 is 11.7 Å². The van der Waals surface area contributed by atoms with Crippen molar-refractivity contribution in [2.45, 2.75) is 83.3 Å². The van der Waals surface area contributed by atoms with E-state index in [9.17, 15) is 9.59 Å². The van der Waals surface area contributed by atoms with Crippen molar-refractivity contribution in [2.75, 3.05) is 18.5 Å². The van der Waals surface area contributed by atoms with Crippen molar-refractivity contribution in [3.63, 3.8) is 0 Å². The van der Waals surface area contributed by atoms with E-state index in [2.05, 4.69) is 4.90 Å². The number of benzene rings is 1. The van der Waals surface area contributed by atoms with Crippen LogP contribution in [0.4, 0.5) is 10.5 Å². The van der Waals surface area contributed by atoms with Crippen LogP contribution in [-0.2, 0) is 16.0 Å². The summed E-state index contributed by atoms with van der Waals surface area (Å²) in [6.07, 6.45) is 9.02. The Morgan fingerprint density at radius 1 is 1.15 bits per heavy atom. The van der Waals surface area contributed by atoms with Crippen molar-refractivity contribution in [1.82, 2.24) is 4.90 Å². The second-order valence-electron chi connectivity index (χ2n) is 12.1. The van der Waals surface area contributed by atoms with E-state index in [0.29, 0.717) is 23.0 Å². The van der Waals surface area contributed by atoms with Gasteiger partial charge in [0.1, 0.15) is 5.60 Å². The molecule has 4 saturated carbocycles. The molecule has 1 unspecified atom stereocenters. The van der Waals surface area contributed by atoms with Gasteiger partial charge in [0.2, 0.25) is 5.91 Å². The van der Waals surface area contributed by atoms with E-state index >= 15 is 0 Å². The number of anilines is 1. The Bertz CT molecular complexity index is 918. The summed E-state index contributed by atoms with van der Waals surface area (Å²) < 4.78 is 5.45. The van der Waals surface area contributed by atoms with Gasteiger partial charge in [-0.25, -0.2) is 4.79 Å². The number of nitrogens with zero attached hydrogens (tertiary/aromatic N) is 2. The first kappa shape index (κ1) is 23.0. The third-order valence-electron chi connectivity index (χ3n) is 8.45. The molecule has 0 aromatic heterocycles. The third kappa shape index (κ3) is 4.38. The van der Waals surface area contributed by atoms with Gasteiger partial charge in [0.25, 0.3) is 0 Å². The van der Waals surface area contributed by atoms with Crippen molar-refractivity contribution in [1.29, 1.82) is 0 Å². The molecule has 5 aliphatic rings. The Morgan fingerprint density at radius 3 is 2.30 bits per heavy atom. The predicted octanol–water partition coefficient (Wildman–Crippen LogP) is 6.07. The van der Waals surface area contributed by atoms with Crippen LogP contribution >= 0.6 is 11.6 Å². The summed E-state index contributed by atoms with van der Waals surface area (Å²) in [5.41, 5.74) is 1.25. The quantitative estimate of drug-likeness (QED) is 0.534. The summed E-state index contributed by atoms with van der Waals surface area (Å²) in [5, 5.41) is 0.601. The Morgan fingerprint density at radius 2 is 1.76 bits per heavy atom. The second kappa shape index (κ2) is 8.18. The van der Waals surface area contributed by atoms with Crippen LogP contribution in [0.3, 0.4) is 0 Å². The van der Waals surface area contributed by atoms with Crippen LogP contribution in [0.25, 0.3) is 0 Å². The molecule has 1 heterocycles. The molecule has 1 aromatic carbocycles. The molecule has 1 aliphatic heterocycles. The number of likely N-dealkylation sites (tertiary alicyclic amines) is 1. The number of hydrogen-bond donors (Lipinski definition) is 0. The van der Waals surface area contributed by atoms with Crippen LogP contribution in [0.2, 0.25) is 5.02 Å². The maximum Gasteiger partial charge on any atom is 0.414 e. The first-order valence-electron chi connectivity index (χ1n) is 12.6. The lowest BCUT2D eigenvalue weighted by Crippen LogP contribution is -2.60. The van der Waals surface area contributed by atoms with Gasteiger partial charge < -0.3 is 9.64 Å². The summed E-state index contributed by atoms with van der Waals surface area (Å²) in [7, 11) is 1.68. The van der Waals surface area contributed by atoms with Crippen molar-refractivity contribution in [2.24, 2.45) is 23.7 Å². The topological polar surface area (TPSA) is 49.9 Å². The minimum absolute atomic E-state index is 0.00457. The minimum atomic E-state index is -0.555. The lowest BCUT2D eigenvalue weighted by Gasteiger charge is -2.60. The van der Waals surface area contributed by atoms with Crippen molar-refractivity contribution in [3.8, 4) is 0 Å². The van der Waals surface area contributed by atoms with Crippen LogP contribution in [0, 0.1) is 23.7 Å². The lowest BCUT2D eigenvalue weighted by atomic mass is 9.52. The molecule has 1 atom stereocenters. The monoisotopic (exact) mass is 472 g/mol. The molecule has 33 heavy (non-hydrogen) atoms. The molecule has 1 aromatic rings. The number of rotatable bonds is 4. The molecule has 6 heteroatoms. The number of hydrogen-bond acceptors (Lipinski definition) is 3. The zero-order chi connectivity index (χ0) is 23.5. The normalized spacial score (nSPS) is 33.0. The maximum atomic E-state index is 13.5. The van der Waals surface area contributed by atoms with Crippen LogP contribution < -0.4 is 4.90 Å². The molecule has 6 rings (SSSR count). The largest absolute Gasteiger partial charge is 0.443 e. The SMILES string of the molecule is CN(C(=O)OC(C)(C)C)c1ccc(CC2CCN(C34CC5CC(CC(C5)C3)C4)C2=O)c(Cl)c1. The molecule has 0 N–H and O–H groups in total. The van der Waals surface area contributed by atoms with E-state index in [1.807, 2.05) is 32.9 Å². The molecule has 5 nitrogen and oxygen atoms in total. The Labute approximate surface area is 202 Å². The fourth-order valence-electron chi connectivity index (χ4n) is 7.41. The van der Waals surface area contributed by atoms with Gasteiger partial charge in [-0.15, -0.1) is 0 Å². The molecule has 1 saturated heterocycles. The van der Waals surface area contributed by atoms with E-state index in [4.69, 9.17) is 16.3 Å². The highest BCUT2D eigenvalue weighted by molar-refractivity contribution is 6.31. The van der Waals surface area contributed by atoms with Gasteiger partial charge in [0, 0.05) is 35.8 Å². The van der Waals surface area contributed by atoms with Gasteiger partial charge in [-0.1, -0.05) is 17.7 Å². The predicted molar refractivity (Wildman–Crippen MR) is 131 cm³/mol. The highest BCUT2D eigenvalue weighted by Crippen LogP contribution is 2.58. The third-order valence-corrected chi connectivity index (χ3v) is 8.80. The van der Waals surface area contributed by atoms with E-state index in [1.165, 1.54) is 43.4 Å². The smallest absolute Gasteiger partial charge is 0.414 e. The summed E-state index contributed by atoms with van der Waals surface area (Å²) in [6.45, 7) is 6.44. The van der Waals surface area contributed by atoms with Gasteiger partial charge >= 0.3 is 6.09 Å². The van der Waals surface area contributed by atoms with E-state index in [-0.39, 0.29) is 11.5 Å². The zero-order valence-corrected chi connectivity index (χ0v) is 21.2. The van der Waals surface area contributed by atoms with Gasteiger partial charge in [0.05, 0.1) is 0 Å². The van der Waals surface area contributed by atoms with Crippen LogP contribution in [0.5, 0.6) is 0 Å². The molecule has 0 radical (unpaired) electrons. The minimum Gasteiger partial charge on any atom is -0.443 e. The van der Waals surface area contributed by atoms with Crippen LogP contribution in [-0.4, -0.2) is 41.6 Å². The Kier molecular flexibility index (Phi) is 5.70. The number of ether oxygens (including phenoxy) is 1. The first-order valence-corrected chi connectivity index (χ1v) is 13.0. The molecule has 0 spiro atoms. The summed E-state index contributed by atoms with van der Waals surface area (Å²) in [6, 6.07) is 5.65. The molecular weight excluding hydrogens is 436 g/mol. The highest BCUT2D eigenvalue weighted by Gasteiger charge is 2.56. The number of halogens is 1. The number of carbonyl (C=O) groups excluding carboxylic acids is 2.